The molecule has 0 saturated carbocycles. The number of fused-ring (bicyclic) bond motifs is 1. The smallest absolute Gasteiger partial charge is 0.416 e. The lowest BCUT2D eigenvalue weighted by atomic mass is 9.96. The van der Waals surface area contributed by atoms with Crippen LogP contribution in [0.2, 0.25) is 0 Å². The fourth-order valence-corrected chi connectivity index (χ4v) is 5.36. The topological polar surface area (TPSA) is 83.0 Å². The van der Waals surface area contributed by atoms with Crippen molar-refractivity contribution in [1.82, 2.24) is 4.57 Å². The lowest BCUT2D eigenvalue weighted by Gasteiger charge is -2.24. The number of thiazole rings is 1. The van der Waals surface area contributed by atoms with Crippen LogP contribution in [0.25, 0.3) is 6.08 Å². The fourth-order valence-electron chi connectivity index (χ4n) is 4.34. The van der Waals surface area contributed by atoms with E-state index in [1.54, 1.807) is 32.1 Å². The van der Waals surface area contributed by atoms with Crippen LogP contribution in [0.4, 0.5) is 13.2 Å². The number of carbonyl (C=O) groups is 1. The van der Waals surface area contributed by atoms with Crippen LogP contribution in [0.5, 0.6) is 5.75 Å². The number of furan rings is 1. The van der Waals surface area contributed by atoms with Crippen molar-refractivity contribution in [3.63, 3.8) is 0 Å². The van der Waals surface area contributed by atoms with E-state index in [0.717, 1.165) is 29.0 Å². The Bertz CT molecular complexity index is 1770. The fraction of sp³-hybridized carbons (Fsp3) is 0.207. The second-order valence-corrected chi connectivity index (χ2v) is 9.84. The second-order valence-electron chi connectivity index (χ2n) is 8.83. The molecule has 0 amide bonds. The predicted molar refractivity (Wildman–Crippen MR) is 141 cm³/mol. The largest absolute Gasteiger partial charge is 0.486 e. The predicted octanol–water partition coefficient (Wildman–Crippen LogP) is 4.99. The molecule has 3 heterocycles. The quantitative estimate of drug-likeness (QED) is 0.294. The van der Waals surface area contributed by atoms with Gasteiger partial charge in [0.05, 0.1) is 34.0 Å². The minimum atomic E-state index is -4.48. The molecule has 0 spiro atoms. The van der Waals surface area contributed by atoms with Crippen LogP contribution in [0, 0.1) is 0 Å². The zero-order chi connectivity index (χ0) is 28.4. The normalized spacial score (nSPS) is 15.5. The first-order chi connectivity index (χ1) is 19.2. The molecule has 11 heteroatoms. The summed E-state index contributed by atoms with van der Waals surface area (Å²) in [6, 6.07) is 16.3. The third kappa shape index (κ3) is 5.50. The molecule has 1 aliphatic rings. The number of esters is 1. The number of aromatic nitrogens is 1. The van der Waals surface area contributed by atoms with E-state index in [9.17, 15) is 22.8 Å². The standard InChI is InChI=1S/C29H23F3N2O5S/c1-3-37-27(36)24-17(2)33-28-34(25(24)18-8-5-4-6-9-18)26(35)23(40-28)15-21-12-13-22(39-21)16-38-20-11-7-10-19(14-20)29(30,31)32/h4-15,25H,3,16H2,1-2H3/b23-15-/t25-/m1/s1. The number of ether oxygens (including phenoxy) is 2. The van der Waals surface area contributed by atoms with Gasteiger partial charge in [-0.2, -0.15) is 13.2 Å². The second kappa shape index (κ2) is 11.0. The Morgan fingerprint density at radius 3 is 2.62 bits per heavy atom. The zero-order valence-corrected chi connectivity index (χ0v) is 22.2. The monoisotopic (exact) mass is 568 g/mol. The maximum absolute atomic E-state index is 13.6. The van der Waals surface area contributed by atoms with Gasteiger partial charge in [0.25, 0.3) is 5.56 Å². The van der Waals surface area contributed by atoms with Gasteiger partial charge in [0.15, 0.2) is 4.80 Å². The van der Waals surface area contributed by atoms with E-state index < -0.39 is 23.8 Å². The molecule has 0 fully saturated rings. The summed E-state index contributed by atoms with van der Waals surface area (Å²) < 4.78 is 57.2. The van der Waals surface area contributed by atoms with Gasteiger partial charge in [0, 0.05) is 6.08 Å². The Labute approximate surface area is 230 Å². The maximum atomic E-state index is 13.6. The molecule has 206 valence electrons. The van der Waals surface area contributed by atoms with Crippen LogP contribution in [0.3, 0.4) is 0 Å². The van der Waals surface area contributed by atoms with E-state index in [4.69, 9.17) is 13.9 Å². The molecule has 0 N–H and O–H groups in total. The Hall–Kier alpha value is -4.38. The van der Waals surface area contributed by atoms with Crippen LogP contribution >= 0.6 is 11.3 Å². The molecule has 0 radical (unpaired) electrons. The average Bonchev–Trinajstić information content (AvgIpc) is 3.50. The molecular weight excluding hydrogens is 545 g/mol. The summed E-state index contributed by atoms with van der Waals surface area (Å²) in [5.41, 5.74) is 0.325. The molecule has 2 aromatic heterocycles. The van der Waals surface area contributed by atoms with Crippen molar-refractivity contribution < 1.29 is 31.9 Å². The molecular formula is C29H23F3N2O5S. The van der Waals surface area contributed by atoms with Crippen molar-refractivity contribution in [2.24, 2.45) is 4.99 Å². The Morgan fingerprint density at radius 1 is 1.12 bits per heavy atom. The molecule has 1 atom stereocenters. The van der Waals surface area contributed by atoms with Gasteiger partial charge >= 0.3 is 12.1 Å². The maximum Gasteiger partial charge on any atom is 0.416 e. The van der Waals surface area contributed by atoms with Gasteiger partial charge in [-0.1, -0.05) is 47.7 Å². The summed E-state index contributed by atoms with van der Waals surface area (Å²) in [6.45, 7) is 3.50. The molecule has 0 aliphatic carbocycles. The summed E-state index contributed by atoms with van der Waals surface area (Å²) in [4.78, 5) is 31.5. The molecule has 4 aromatic rings. The van der Waals surface area contributed by atoms with E-state index in [-0.39, 0.29) is 24.5 Å². The summed E-state index contributed by atoms with van der Waals surface area (Å²) in [6.07, 6.45) is -2.92. The van der Waals surface area contributed by atoms with E-state index in [1.807, 2.05) is 30.3 Å². The highest BCUT2D eigenvalue weighted by molar-refractivity contribution is 7.07. The first-order valence-electron chi connectivity index (χ1n) is 12.3. The van der Waals surface area contributed by atoms with E-state index in [0.29, 0.717) is 32.1 Å². The third-order valence-electron chi connectivity index (χ3n) is 6.13. The molecule has 0 saturated heterocycles. The highest BCUT2D eigenvalue weighted by atomic mass is 32.1. The number of benzene rings is 2. The van der Waals surface area contributed by atoms with Gasteiger partial charge in [-0.15, -0.1) is 0 Å². The van der Waals surface area contributed by atoms with Crippen molar-refractivity contribution >= 4 is 23.4 Å². The summed E-state index contributed by atoms with van der Waals surface area (Å²) in [7, 11) is 0. The number of halogens is 3. The van der Waals surface area contributed by atoms with Crippen molar-refractivity contribution in [3.8, 4) is 5.75 Å². The number of hydrogen-bond acceptors (Lipinski definition) is 7. The summed E-state index contributed by atoms with van der Waals surface area (Å²) in [5, 5.41) is 0. The highest BCUT2D eigenvalue weighted by Crippen LogP contribution is 2.32. The van der Waals surface area contributed by atoms with Crippen LogP contribution in [-0.2, 0) is 22.3 Å². The minimum absolute atomic E-state index is 0.0507. The molecule has 2 aromatic carbocycles. The number of nitrogens with zero attached hydrogens (tertiary/aromatic N) is 2. The summed E-state index contributed by atoms with van der Waals surface area (Å²) in [5.74, 6) is 0.225. The van der Waals surface area contributed by atoms with Crippen molar-refractivity contribution in [2.75, 3.05) is 6.61 Å². The zero-order valence-electron chi connectivity index (χ0n) is 21.4. The SMILES string of the molecule is CCOC(=O)C1=C(C)N=c2s/c(=C\c3ccc(COc4cccc(C(F)(F)F)c4)o3)c(=O)n2[C@@H]1c1ccccc1. The van der Waals surface area contributed by atoms with Gasteiger partial charge in [-0.05, 0) is 49.7 Å². The Balaban J connectivity index is 1.46. The molecule has 5 rings (SSSR count). The van der Waals surface area contributed by atoms with Gasteiger partial charge < -0.3 is 13.9 Å². The Morgan fingerprint density at radius 2 is 1.90 bits per heavy atom. The van der Waals surface area contributed by atoms with Gasteiger partial charge in [-0.25, -0.2) is 9.79 Å². The van der Waals surface area contributed by atoms with Gasteiger partial charge in [0.1, 0.15) is 23.9 Å². The molecule has 40 heavy (non-hydrogen) atoms. The number of carbonyl (C=O) groups excluding carboxylic acids is 1. The average molecular weight is 569 g/mol. The third-order valence-corrected chi connectivity index (χ3v) is 7.11. The van der Waals surface area contributed by atoms with Crippen LogP contribution < -0.4 is 19.6 Å². The molecule has 1 aliphatic heterocycles. The van der Waals surface area contributed by atoms with Crippen LogP contribution in [0.15, 0.2) is 92.2 Å². The van der Waals surface area contributed by atoms with Crippen molar-refractivity contribution in [3.05, 3.63) is 120 Å². The first-order valence-corrected chi connectivity index (χ1v) is 13.1. The number of alkyl halides is 3. The minimum Gasteiger partial charge on any atom is -0.486 e. The molecule has 7 nitrogen and oxygen atoms in total. The number of allylic oxidation sites excluding steroid dienone is 1. The van der Waals surface area contributed by atoms with Crippen LogP contribution in [-0.4, -0.2) is 17.1 Å². The Kier molecular flexibility index (Phi) is 7.49. The van der Waals surface area contributed by atoms with Gasteiger partial charge in [0.2, 0.25) is 0 Å². The number of rotatable bonds is 7. The van der Waals surface area contributed by atoms with Crippen LogP contribution in [0.1, 0.15) is 42.5 Å². The van der Waals surface area contributed by atoms with E-state index in [1.165, 1.54) is 16.7 Å². The number of hydrogen-bond donors (Lipinski definition) is 0. The lowest BCUT2D eigenvalue weighted by Crippen LogP contribution is -2.39. The van der Waals surface area contributed by atoms with E-state index in [2.05, 4.69) is 4.99 Å². The van der Waals surface area contributed by atoms with Crippen molar-refractivity contribution in [1.29, 1.82) is 0 Å². The lowest BCUT2D eigenvalue weighted by molar-refractivity contribution is -0.139. The van der Waals surface area contributed by atoms with E-state index >= 15 is 0 Å². The van der Waals surface area contributed by atoms with Crippen molar-refractivity contribution in [2.45, 2.75) is 32.7 Å². The summed E-state index contributed by atoms with van der Waals surface area (Å²) >= 11 is 1.15. The molecule has 0 bridgehead atoms. The highest BCUT2D eigenvalue weighted by Gasteiger charge is 2.33. The first kappa shape index (κ1) is 27.2. The van der Waals surface area contributed by atoms with Gasteiger partial charge in [-0.3, -0.25) is 9.36 Å². The molecule has 0 unspecified atom stereocenters.